The molecule has 1 aliphatic rings. The lowest BCUT2D eigenvalue weighted by Gasteiger charge is -2.35. The van der Waals surface area contributed by atoms with Gasteiger partial charge in [-0.3, -0.25) is 9.50 Å². The van der Waals surface area contributed by atoms with E-state index in [1.165, 1.54) is 6.42 Å². The highest BCUT2D eigenvalue weighted by molar-refractivity contribution is 5.64. The number of nitrogens with one attached hydrogen (secondary N) is 1. The first kappa shape index (κ1) is 11.3. The summed E-state index contributed by atoms with van der Waals surface area (Å²) in [6, 6.07) is 0.168. The van der Waals surface area contributed by atoms with E-state index in [1.807, 2.05) is 10.6 Å². The van der Waals surface area contributed by atoms with Crippen LogP contribution in [0.4, 0.5) is 5.82 Å². The first-order valence-corrected chi connectivity index (χ1v) is 6.70. The number of aromatic nitrogens is 7. The van der Waals surface area contributed by atoms with Crippen molar-refractivity contribution in [3.05, 3.63) is 30.9 Å². The van der Waals surface area contributed by atoms with E-state index in [-0.39, 0.29) is 6.04 Å². The van der Waals surface area contributed by atoms with Crippen molar-refractivity contribution in [2.24, 2.45) is 0 Å². The van der Waals surface area contributed by atoms with Crippen LogP contribution >= 0.6 is 0 Å². The molecule has 0 bridgehead atoms. The highest BCUT2D eigenvalue weighted by atomic mass is 15.3. The molecule has 0 radical (unpaired) electrons. The van der Waals surface area contributed by atoms with Crippen LogP contribution in [-0.4, -0.2) is 41.3 Å². The average Bonchev–Trinajstić information content (AvgIpc) is 3.18. The Bertz CT molecular complexity index is 703. The summed E-state index contributed by atoms with van der Waals surface area (Å²) in [5, 5.41) is 15.1. The number of piperidine rings is 1. The maximum absolute atomic E-state index is 4.50. The summed E-state index contributed by atoms with van der Waals surface area (Å²) in [5.41, 5.74) is 0.777. The molecule has 0 saturated carbocycles. The van der Waals surface area contributed by atoms with Gasteiger partial charge in [-0.1, -0.05) is 0 Å². The quantitative estimate of drug-likeness (QED) is 0.746. The Labute approximate surface area is 114 Å². The molecule has 8 nitrogen and oxygen atoms in total. The lowest BCUT2D eigenvalue weighted by atomic mass is 10.0. The molecule has 1 atom stereocenters. The van der Waals surface area contributed by atoms with Crippen molar-refractivity contribution < 1.29 is 0 Å². The van der Waals surface area contributed by atoms with Crippen LogP contribution in [-0.2, 0) is 0 Å². The largest absolute Gasteiger partial charge is 0.343 e. The Morgan fingerprint density at radius 3 is 3.15 bits per heavy atom. The second-order valence-electron chi connectivity index (χ2n) is 4.89. The molecule has 1 saturated heterocycles. The van der Waals surface area contributed by atoms with Gasteiger partial charge in [-0.2, -0.15) is 5.10 Å². The van der Waals surface area contributed by atoms with E-state index >= 15 is 0 Å². The van der Waals surface area contributed by atoms with E-state index in [1.54, 1.807) is 18.9 Å². The molecule has 3 aromatic heterocycles. The zero-order valence-electron chi connectivity index (χ0n) is 10.8. The SMILES string of the molecule is c1n[nH]c([C@@H]2CCCCN2c2nccn3cnnc23)n1. The number of nitrogens with zero attached hydrogens (tertiary/aromatic N) is 7. The van der Waals surface area contributed by atoms with Gasteiger partial charge in [0, 0.05) is 18.9 Å². The van der Waals surface area contributed by atoms with Crippen LogP contribution in [0.5, 0.6) is 0 Å². The molecule has 4 heterocycles. The fourth-order valence-corrected chi connectivity index (χ4v) is 2.79. The Morgan fingerprint density at radius 1 is 1.25 bits per heavy atom. The smallest absolute Gasteiger partial charge is 0.203 e. The minimum atomic E-state index is 0.168. The summed E-state index contributed by atoms with van der Waals surface area (Å²) in [6.07, 6.45) is 10.2. The van der Waals surface area contributed by atoms with Crippen LogP contribution in [0, 0.1) is 0 Å². The molecule has 0 aromatic carbocycles. The van der Waals surface area contributed by atoms with Crippen LogP contribution in [0.1, 0.15) is 31.1 Å². The molecule has 1 aliphatic heterocycles. The molecule has 0 spiro atoms. The van der Waals surface area contributed by atoms with Gasteiger partial charge in [-0.05, 0) is 19.3 Å². The summed E-state index contributed by atoms with van der Waals surface area (Å²) in [7, 11) is 0. The summed E-state index contributed by atoms with van der Waals surface area (Å²) in [6.45, 7) is 0.935. The molecule has 102 valence electrons. The first-order valence-electron chi connectivity index (χ1n) is 6.70. The number of rotatable bonds is 2. The number of hydrogen-bond acceptors (Lipinski definition) is 6. The van der Waals surface area contributed by atoms with Gasteiger partial charge in [0.05, 0.1) is 6.04 Å². The molecule has 8 heteroatoms. The van der Waals surface area contributed by atoms with Crippen LogP contribution in [0.25, 0.3) is 5.65 Å². The Balaban J connectivity index is 1.80. The van der Waals surface area contributed by atoms with Crippen LogP contribution in [0.15, 0.2) is 25.0 Å². The molecule has 20 heavy (non-hydrogen) atoms. The molecule has 3 aromatic rings. The van der Waals surface area contributed by atoms with E-state index in [9.17, 15) is 0 Å². The number of anilines is 1. The standard InChI is InChI=1S/C12H14N8/c1-2-5-20(9(3-1)10-14-7-15-17-10)11-12-18-16-8-19(12)6-4-13-11/h4,6-9H,1-3,5H2,(H,14,15,17)/t9-/m0/s1. The van der Waals surface area contributed by atoms with Crippen molar-refractivity contribution in [1.29, 1.82) is 0 Å². The third-order valence-electron chi connectivity index (χ3n) is 3.72. The molecular formula is C12H14N8. The van der Waals surface area contributed by atoms with Gasteiger partial charge in [-0.25, -0.2) is 9.97 Å². The molecule has 1 fully saturated rings. The monoisotopic (exact) mass is 270 g/mol. The normalized spacial score (nSPS) is 19.6. The van der Waals surface area contributed by atoms with Crippen molar-refractivity contribution in [3.63, 3.8) is 0 Å². The third-order valence-corrected chi connectivity index (χ3v) is 3.72. The fourth-order valence-electron chi connectivity index (χ4n) is 2.79. The van der Waals surface area contributed by atoms with Crippen molar-refractivity contribution >= 4 is 11.5 Å². The van der Waals surface area contributed by atoms with E-state index in [2.05, 4.69) is 35.3 Å². The van der Waals surface area contributed by atoms with Gasteiger partial charge < -0.3 is 4.90 Å². The Kier molecular flexibility index (Phi) is 2.58. The van der Waals surface area contributed by atoms with Gasteiger partial charge >= 0.3 is 0 Å². The van der Waals surface area contributed by atoms with E-state index < -0.39 is 0 Å². The molecule has 0 aliphatic carbocycles. The number of aromatic amines is 1. The second-order valence-corrected chi connectivity index (χ2v) is 4.89. The third kappa shape index (κ3) is 1.72. The number of hydrogen-bond donors (Lipinski definition) is 1. The molecule has 4 rings (SSSR count). The summed E-state index contributed by atoms with van der Waals surface area (Å²) in [4.78, 5) is 11.1. The average molecular weight is 270 g/mol. The minimum Gasteiger partial charge on any atom is -0.343 e. The highest BCUT2D eigenvalue weighted by Gasteiger charge is 2.29. The van der Waals surface area contributed by atoms with Gasteiger partial charge in [-0.15, -0.1) is 10.2 Å². The lowest BCUT2D eigenvalue weighted by molar-refractivity contribution is 0.454. The van der Waals surface area contributed by atoms with Gasteiger partial charge in [0.15, 0.2) is 5.82 Å². The number of H-pyrrole nitrogens is 1. The second kappa shape index (κ2) is 4.55. The zero-order valence-corrected chi connectivity index (χ0v) is 10.8. The molecular weight excluding hydrogens is 256 g/mol. The summed E-state index contributed by atoms with van der Waals surface area (Å²) < 4.78 is 1.88. The summed E-state index contributed by atoms with van der Waals surface area (Å²) >= 11 is 0. The predicted molar refractivity (Wildman–Crippen MR) is 71.1 cm³/mol. The van der Waals surface area contributed by atoms with Crippen LogP contribution in [0.2, 0.25) is 0 Å². The fraction of sp³-hybridized carbons (Fsp3) is 0.417. The topological polar surface area (TPSA) is 87.9 Å². The van der Waals surface area contributed by atoms with Crippen molar-refractivity contribution in [2.45, 2.75) is 25.3 Å². The van der Waals surface area contributed by atoms with Crippen molar-refractivity contribution in [1.82, 2.24) is 34.8 Å². The van der Waals surface area contributed by atoms with Crippen LogP contribution < -0.4 is 4.90 Å². The lowest BCUT2D eigenvalue weighted by Crippen LogP contribution is -2.35. The Hall–Kier alpha value is -2.51. The summed E-state index contributed by atoms with van der Waals surface area (Å²) in [5.74, 6) is 1.74. The highest BCUT2D eigenvalue weighted by Crippen LogP contribution is 2.33. The van der Waals surface area contributed by atoms with Gasteiger partial charge in [0.2, 0.25) is 5.65 Å². The van der Waals surface area contributed by atoms with E-state index in [4.69, 9.17) is 0 Å². The maximum Gasteiger partial charge on any atom is 0.203 e. The van der Waals surface area contributed by atoms with Crippen molar-refractivity contribution in [3.8, 4) is 0 Å². The zero-order chi connectivity index (χ0) is 13.4. The predicted octanol–water partition coefficient (Wildman–Crippen LogP) is 0.974. The Morgan fingerprint density at radius 2 is 2.25 bits per heavy atom. The van der Waals surface area contributed by atoms with Gasteiger partial charge in [0.1, 0.15) is 18.5 Å². The van der Waals surface area contributed by atoms with E-state index in [0.717, 1.165) is 36.7 Å². The first-order chi connectivity index (χ1) is 9.93. The van der Waals surface area contributed by atoms with Crippen LogP contribution in [0.3, 0.4) is 0 Å². The molecule has 0 unspecified atom stereocenters. The number of fused-ring (bicyclic) bond motifs is 1. The van der Waals surface area contributed by atoms with E-state index in [0.29, 0.717) is 0 Å². The molecule has 0 amide bonds. The maximum atomic E-state index is 4.50. The van der Waals surface area contributed by atoms with Gasteiger partial charge in [0.25, 0.3) is 0 Å². The minimum absolute atomic E-state index is 0.168. The van der Waals surface area contributed by atoms with Crippen molar-refractivity contribution in [2.75, 3.05) is 11.4 Å². The molecule has 1 N–H and O–H groups in total.